The highest BCUT2D eigenvalue weighted by molar-refractivity contribution is 5.44. The van der Waals surface area contributed by atoms with E-state index in [2.05, 4.69) is 31.3 Å². The first kappa shape index (κ1) is 12.8. The van der Waals surface area contributed by atoms with Crippen LogP contribution in [0, 0.1) is 5.41 Å². The summed E-state index contributed by atoms with van der Waals surface area (Å²) in [5.41, 5.74) is 1.76. The summed E-state index contributed by atoms with van der Waals surface area (Å²) in [4.78, 5) is 0. The van der Waals surface area contributed by atoms with Crippen LogP contribution in [-0.2, 0) is 6.54 Å². The number of ether oxygens (including phenoxy) is 2. The summed E-state index contributed by atoms with van der Waals surface area (Å²) in [6, 6.07) is 6.86. The molecule has 1 unspecified atom stereocenters. The molecule has 1 aromatic rings. The summed E-state index contributed by atoms with van der Waals surface area (Å²) in [6.07, 6.45) is 5.27. The lowest BCUT2D eigenvalue weighted by atomic mass is 9.75. The van der Waals surface area contributed by atoms with Crippen LogP contribution < -0.4 is 14.8 Å². The quantitative estimate of drug-likeness (QED) is 0.903. The predicted molar refractivity (Wildman–Crippen MR) is 75.4 cm³/mol. The minimum atomic E-state index is 0.350. The van der Waals surface area contributed by atoms with Crippen molar-refractivity contribution in [2.24, 2.45) is 5.41 Å². The van der Waals surface area contributed by atoms with Crippen LogP contribution >= 0.6 is 0 Å². The Bertz CT molecular complexity index is 456. The molecule has 1 aliphatic heterocycles. The first-order valence-corrected chi connectivity index (χ1v) is 7.24. The van der Waals surface area contributed by atoms with E-state index < -0.39 is 0 Å². The predicted octanol–water partition coefficient (Wildman–Crippen LogP) is 3.47. The normalized spacial score (nSPS) is 24.4. The second-order valence-corrected chi connectivity index (χ2v) is 6.53. The molecule has 1 aliphatic carbocycles. The van der Waals surface area contributed by atoms with Gasteiger partial charge in [0.05, 0.1) is 0 Å². The van der Waals surface area contributed by atoms with Crippen molar-refractivity contribution in [2.75, 3.05) is 6.79 Å². The Hall–Kier alpha value is -1.22. The van der Waals surface area contributed by atoms with Gasteiger partial charge in [-0.15, -0.1) is 0 Å². The Morgan fingerprint density at radius 2 is 2.11 bits per heavy atom. The van der Waals surface area contributed by atoms with Crippen LogP contribution in [0.4, 0.5) is 0 Å². The second kappa shape index (κ2) is 5.04. The smallest absolute Gasteiger partial charge is 0.231 e. The van der Waals surface area contributed by atoms with Gasteiger partial charge in [-0.3, -0.25) is 0 Å². The van der Waals surface area contributed by atoms with E-state index in [0.717, 1.165) is 18.0 Å². The van der Waals surface area contributed by atoms with Crippen molar-refractivity contribution in [3.8, 4) is 11.5 Å². The lowest BCUT2D eigenvalue weighted by molar-refractivity contribution is 0.174. The minimum absolute atomic E-state index is 0.350. The fourth-order valence-electron chi connectivity index (χ4n) is 3.19. The van der Waals surface area contributed by atoms with Crippen molar-refractivity contribution >= 4 is 0 Å². The molecule has 3 rings (SSSR count). The number of hydrogen-bond donors (Lipinski definition) is 1. The Labute approximate surface area is 115 Å². The molecule has 1 aromatic carbocycles. The molecule has 0 bridgehead atoms. The van der Waals surface area contributed by atoms with Gasteiger partial charge in [-0.05, 0) is 42.4 Å². The van der Waals surface area contributed by atoms with Gasteiger partial charge in [-0.25, -0.2) is 0 Å². The molecule has 2 aliphatic rings. The molecule has 0 spiro atoms. The molecule has 1 fully saturated rings. The zero-order valence-corrected chi connectivity index (χ0v) is 11.9. The van der Waals surface area contributed by atoms with Gasteiger partial charge in [0.25, 0.3) is 0 Å². The first-order valence-electron chi connectivity index (χ1n) is 7.24. The van der Waals surface area contributed by atoms with Gasteiger partial charge in [0.2, 0.25) is 6.79 Å². The highest BCUT2D eigenvalue weighted by Gasteiger charge is 2.27. The maximum atomic E-state index is 5.41. The van der Waals surface area contributed by atoms with Crippen molar-refractivity contribution in [1.82, 2.24) is 5.32 Å². The molecule has 1 N–H and O–H groups in total. The molecule has 3 heteroatoms. The molecule has 1 heterocycles. The fraction of sp³-hybridized carbons (Fsp3) is 0.625. The van der Waals surface area contributed by atoms with Gasteiger partial charge < -0.3 is 14.8 Å². The number of fused-ring (bicyclic) bond motifs is 1. The van der Waals surface area contributed by atoms with E-state index in [1.807, 2.05) is 6.07 Å². The van der Waals surface area contributed by atoms with Crippen molar-refractivity contribution in [3.05, 3.63) is 23.8 Å². The van der Waals surface area contributed by atoms with Gasteiger partial charge in [0.15, 0.2) is 11.5 Å². The fourth-order valence-corrected chi connectivity index (χ4v) is 3.19. The number of nitrogens with one attached hydrogen (secondary N) is 1. The molecule has 0 radical (unpaired) electrons. The van der Waals surface area contributed by atoms with E-state index in [1.54, 1.807) is 0 Å². The van der Waals surface area contributed by atoms with E-state index in [0.29, 0.717) is 18.2 Å². The van der Waals surface area contributed by atoms with E-state index in [-0.39, 0.29) is 0 Å². The highest BCUT2D eigenvalue weighted by Crippen LogP contribution is 2.35. The molecular formula is C16H23NO2. The molecule has 19 heavy (non-hydrogen) atoms. The Kier molecular flexibility index (Phi) is 3.40. The number of hydrogen-bond acceptors (Lipinski definition) is 3. The van der Waals surface area contributed by atoms with Crippen LogP contribution in [0.15, 0.2) is 18.2 Å². The topological polar surface area (TPSA) is 30.5 Å². The maximum Gasteiger partial charge on any atom is 0.231 e. The molecule has 3 nitrogen and oxygen atoms in total. The Morgan fingerprint density at radius 3 is 2.95 bits per heavy atom. The van der Waals surface area contributed by atoms with Gasteiger partial charge in [-0.2, -0.15) is 0 Å². The van der Waals surface area contributed by atoms with Crippen molar-refractivity contribution in [3.63, 3.8) is 0 Å². The third-order valence-corrected chi connectivity index (χ3v) is 4.24. The van der Waals surface area contributed by atoms with Crippen LogP contribution in [0.2, 0.25) is 0 Å². The molecule has 104 valence electrons. The van der Waals surface area contributed by atoms with Crippen LogP contribution in [0.5, 0.6) is 11.5 Å². The number of benzene rings is 1. The molecule has 1 atom stereocenters. The third-order valence-electron chi connectivity index (χ3n) is 4.24. The van der Waals surface area contributed by atoms with E-state index >= 15 is 0 Å². The summed E-state index contributed by atoms with van der Waals surface area (Å²) >= 11 is 0. The summed E-state index contributed by atoms with van der Waals surface area (Å²) in [7, 11) is 0. The zero-order valence-electron chi connectivity index (χ0n) is 11.9. The van der Waals surface area contributed by atoms with Crippen LogP contribution in [0.3, 0.4) is 0 Å². The first-order chi connectivity index (χ1) is 9.12. The molecule has 1 saturated carbocycles. The summed E-state index contributed by atoms with van der Waals surface area (Å²) in [5.74, 6) is 1.74. The minimum Gasteiger partial charge on any atom is -0.454 e. The van der Waals surface area contributed by atoms with E-state index in [4.69, 9.17) is 9.47 Å². The van der Waals surface area contributed by atoms with Crippen LogP contribution in [0.25, 0.3) is 0 Å². The molecular weight excluding hydrogens is 238 g/mol. The zero-order chi connectivity index (χ0) is 13.3. The van der Waals surface area contributed by atoms with E-state index in [9.17, 15) is 0 Å². The average Bonchev–Trinajstić information content (AvgIpc) is 2.82. The molecule has 0 amide bonds. The van der Waals surface area contributed by atoms with Crippen molar-refractivity contribution in [2.45, 2.75) is 52.1 Å². The number of rotatable bonds is 3. The monoisotopic (exact) mass is 261 g/mol. The molecule has 0 aromatic heterocycles. The lowest BCUT2D eigenvalue weighted by Gasteiger charge is -2.35. The lowest BCUT2D eigenvalue weighted by Crippen LogP contribution is -2.36. The van der Waals surface area contributed by atoms with Crippen LogP contribution in [-0.4, -0.2) is 12.8 Å². The SMILES string of the molecule is CC1(C)CCCC(NCc2ccc3c(c2)OCO3)C1. The van der Waals surface area contributed by atoms with Gasteiger partial charge in [-0.1, -0.05) is 26.3 Å². The second-order valence-electron chi connectivity index (χ2n) is 6.53. The average molecular weight is 261 g/mol. The third kappa shape index (κ3) is 3.03. The van der Waals surface area contributed by atoms with Gasteiger partial charge in [0, 0.05) is 12.6 Å². The van der Waals surface area contributed by atoms with Crippen LogP contribution in [0.1, 0.15) is 45.1 Å². The largest absolute Gasteiger partial charge is 0.454 e. The maximum absolute atomic E-state index is 5.41. The summed E-state index contributed by atoms with van der Waals surface area (Å²) in [5, 5.41) is 3.69. The standard InChI is InChI=1S/C16H23NO2/c1-16(2)7-3-4-13(9-16)17-10-12-5-6-14-15(8-12)19-11-18-14/h5-6,8,13,17H,3-4,7,9-11H2,1-2H3. The summed E-state index contributed by atoms with van der Waals surface area (Å²) in [6.45, 7) is 6.02. The Morgan fingerprint density at radius 1 is 1.26 bits per heavy atom. The van der Waals surface area contributed by atoms with Gasteiger partial charge in [0.1, 0.15) is 0 Å². The summed E-state index contributed by atoms with van der Waals surface area (Å²) < 4.78 is 10.7. The Balaban J connectivity index is 1.57. The van der Waals surface area contributed by atoms with Gasteiger partial charge >= 0.3 is 0 Å². The highest BCUT2D eigenvalue weighted by atomic mass is 16.7. The molecule has 0 saturated heterocycles. The van der Waals surface area contributed by atoms with E-state index in [1.165, 1.54) is 31.2 Å². The van der Waals surface area contributed by atoms with Crippen molar-refractivity contribution < 1.29 is 9.47 Å². The van der Waals surface area contributed by atoms with Crippen molar-refractivity contribution in [1.29, 1.82) is 0 Å².